The molecule has 0 aliphatic carbocycles. The lowest BCUT2D eigenvalue weighted by atomic mass is 9.70. The van der Waals surface area contributed by atoms with Crippen molar-refractivity contribution in [2.24, 2.45) is 0 Å². The van der Waals surface area contributed by atoms with E-state index in [-0.39, 0.29) is 5.41 Å². The van der Waals surface area contributed by atoms with Gasteiger partial charge in [0.1, 0.15) is 6.07 Å². The molecule has 0 atom stereocenters. The SMILES string of the molecule is CC1(C)c2c(ccc3ccccc23)N(c2ccccc2C#N)c2ccc3ccccc3c21. The Bertz CT molecular complexity index is 1480. The molecule has 0 spiro atoms. The first-order valence-corrected chi connectivity index (χ1v) is 10.9. The standard InChI is InChI=1S/C30H22N2/c1-30(2)28-23-12-6-3-9-20(23)15-17-26(28)32(25-14-8-5-11-22(25)19-31)27-18-16-21-10-4-7-13-24(21)29(27)30/h3-18H,1-2H3. The lowest BCUT2D eigenvalue weighted by Gasteiger charge is -2.43. The van der Waals surface area contributed by atoms with Crippen LogP contribution >= 0.6 is 0 Å². The second-order valence-electron chi connectivity index (χ2n) is 8.95. The van der Waals surface area contributed by atoms with E-state index in [1.165, 1.54) is 32.7 Å². The monoisotopic (exact) mass is 410 g/mol. The number of nitriles is 1. The van der Waals surface area contributed by atoms with E-state index in [2.05, 4.69) is 104 Å². The predicted molar refractivity (Wildman–Crippen MR) is 133 cm³/mol. The second kappa shape index (κ2) is 6.70. The van der Waals surface area contributed by atoms with Crippen LogP contribution in [0, 0.1) is 11.3 Å². The minimum Gasteiger partial charge on any atom is -0.308 e. The minimum atomic E-state index is -0.218. The van der Waals surface area contributed by atoms with Crippen molar-refractivity contribution in [3.05, 3.63) is 114 Å². The first-order chi connectivity index (χ1) is 15.6. The van der Waals surface area contributed by atoms with Crippen LogP contribution in [0.1, 0.15) is 30.5 Å². The molecule has 0 unspecified atom stereocenters. The summed E-state index contributed by atoms with van der Waals surface area (Å²) in [6.45, 7) is 4.66. The van der Waals surface area contributed by atoms with E-state index in [1.54, 1.807) is 0 Å². The van der Waals surface area contributed by atoms with E-state index < -0.39 is 0 Å². The van der Waals surface area contributed by atoms with E-state index in [4.69, 9.17) is 0 Å². The van der Waals surface area contributed by atoms with Crippen LogP contribution in [0.25, 0.3) is 21.5 Å². The van der Waals surface area contributed by atoms with Gasteiger partial charge in [-0.05, 0) is 56.9 Å². The molecular weight excluding hydrogens is 388 g/mol. The molecule has 6 rings (SSSR count). The summed E-state index contributed by atoms with van der Waals surface area (Å²) < 4.78 is 0. The maximum atomic E-state index is 9.91. The Labute approximate surface area is 188 Å². The van der Waals surface area contributed by atoms with Gasteiger partial charge in [-0.3, -0.25) is 0 Å². The van der Waals surface area contributed by atoms with Crippen LogP contribution in [0.3, 0.4) is 0 Å². The quantitative estimate of drug-likeness (QED) is 0.280. The molecule has 2 heteroatoms. The van der Waals surface area contributed by atoms with Crippen LogP contribution in [0.4, 0.5) is 17.1 Å². The molecule has 32 heavy (non-hydrogen) atoms. The van der Waals surface area contributed by atoms with Crippen LogP contribution < -0.4 is 4.90 Å². The number of nitrogens with zero attached hydrogens (tertiary/aromatic N) is 2. The highest BCUT2D eigenvalue weighted by molar-refractivity contribution is 6.03. The normalized spacial score (nSPS) is 14.1. The molecule has 1 aliphatic heterocycles. The highest BCUT2D eigenvalue weighted by Crippen LogP contribution is 2.55. The molecule has 1 heterocycles. The molecule has 152 valence electrons. The minimum absolute atomic E-state index is 0.218. The van der Waals surface area contributed by atoms with E-state index in [1.807, 2.05) is 18.2 Å². The largest absolute Gasteiger partial charge is 0.308 e. The summed E-state index contributed by atoms with van der Waals surface area (Å²) in [5, 5.41) is 14.9. The van der Waals surface area contributed by atoms with Crippen LogP contribution in [0.5, 0.6) is 0 Å². The smallest absolute Gasteiger partial charge is 0.101 e. The Morgan fingerprint density at radius 1 is 0.594 bits per heavy atom. The Morgan fingerprint density at radius 2 is 1.09 bits per heavy atom. The molecule has 0 N–H and O–H groups in total. The second-order valence-corrected chi connectivity index (χ2v) is 8.95. The molecule has 0 saturated heterocycles. The molecule has 0 saturated carbocycles. The van der Waals surface area contributed by atoms with E-state index in [0.717, 1.165) is 17.1 Å². The van der Waals surface area contributed by atoms with Crippen molar-refractivity contribution >= 4 is 38.6 Å². The number of hydrogen-bond donors (Lipinski definition) is 0. The third-order valence-electron chi connectivity index (χ3n) is 6.81. The van der Waals surface area contributed by atoms with Gasteiger partial charge < -0.3 is 4.90 Å². The summed E-state index contributed by atoms with van der Waals surface area (Å²) in [5.74, 6) is 0. The topological polar surface area (TPSA) is 27.0 Å². The zero-order valence-corrected chi connectivity index (χ0v) is 18.1. The lowest BCUT2D eigenvalue weighted by molar-refractivity contribution is 0.644. The highest BCUT2D eigenvalue weighted by atomic mass is 15.2. The third kappa shape index (κ3) is 2.46. The van der Waals surface area contributed by atoms with Crippen molar-refractivity contribution in [1.29, 1.82) is 5.26 Å². The first-order valence-electron chi connectivity index (χ1n) is 10.9. The molecule has 0 amide bonds. The van der Waals surface area contributed by atoms with Gasteiger partial charge in [-0.2, -0.15) is 5.26 Å². The Morgan fingerprint density at radius 3 is 1.66 bits per heavy atom. The fourth-order valence-electron chi connectivity index (χ4n) is 5.48. The molecular formula is C30H22N2. The highest BCUT2D eigenvalue weighted by Gasteiger charge is 2.39. The Kier molecular flexibility index (Phi) is 3.91. The van der Waals surface area contributed by atoms with Gasteiger partial charge >= 0.3 is 0 Å². The number of para-hydroxylation sites is 1. The molecule has 5 aromatic rings. The fourth-order valence-corrected chi connectivity index (χ4v) is 5.48. The summed E-state index contributed by atoms with van der Waals surface area (Å²) >= 11 is 0. The molecule has 1 aliphatic rings. The van der Waals surface area contributed by atoms with Gasteiger partial charge in [-0.15, -0.1) is 0 Å². The molecule has 0 bridgehead atoms. The maximum Gasteiger partial charge on any atom is 0.101 e. The predicted octanol–water partition coefficient (Wildman–Crippen LogP) is 7.97. The van der Waals surface area contributed by atoms with Crippen molar-refractivity contribution in [2.75, 3.05) is 4.90 Å². The summed E-state index contributed by atoms with van der Waals surface area (Å²) in [7, 11) is 0. The number of rotatable bonds is 1. The zero-order chi connectivity index (χ0) is 21.9. The van der Waals surface area contributed by atoms with Gasteiger partial charge in [0.05, 0.1) is 22.6 Å². The van der Waals surface area contributed by atoms with E-state index >= 15 is 0 Å². The van der Waals surface area contributed by atoms with Gasteiger partial charge in [0.15, 0.2) is 0 Å². The zero-order valence-electron chi connectivity index (χ0n) is 18.1. The van der Waals surface area contributed by atoms with Crippen LogP contribution in [0.2, 0.25) is 0 Å². The number of benzene rings is 5. The summed E-state index contributed by atoms with van der Waals surface area (Å²) in [6, 6.07) is 36.3. The summed E-state index contributed by atoms with van der Waals surface area (Å²) in [5.41, 5.74) is 6.24. The fraction of sp³-hybridized carbons (Fsp3) is 0.100. The average Bonchev–Trinajstić information content (AvgIpc) is 2.83. The van der Waals surface area contributed by atoms with Crippen molar-refractivity contribution in [1.82, 2.24) is 0 Å². The summed E-state index contributed by atoms with van der Waals surface area (Å²) in [6.07, 6.45) is 0. The third-order valence-corrected chi connectivity index (χ3v) is 6.81. The maximum absolute atomic E-state index is 9.91. The van der Waals surface area contributed by atoms with Gasteiger partial charge in [0.25, 0.3) is 0 Å². The average molecular weight is 411 g/mol. The van der Waals surface area contributed by atoms with Gasteiger partial charge in [0, 0.05) is 5.41 Å². The lowest BCUT2D eigenvalue weighted by Crippen LogP contribution is -2.31. The molecule has 0 aromatic heterocycles. The van der Waals surface area contributed by atoms with Gasteiger partial charge in [0.2, 0.25) is 0 Å². The molecule has 2 nitrogen and oxygen atoms in total. The van der Waals surface area contributed by atoms with Gasteiger partial charge in [-0.25, -0.2) is 0 Å². The number of hydrogen-bond acceptors (Lipinski definition) is 2. The van der Waals surface area contributed by atoms with Crippen molar-refractivity contribution < 1.29 is 0 Å². The van der Waals surface area contributed by atoms with E-state index in [9.17, 15) is 5.26 Å². The molecule has 5 aromatic carbocycles. The Balaban J connectivity index is 1.82. The van der Waals surface area contributed by atoms with Crippen molar-refractivity contribution in [3.63, 3.8) is 0 Å². The molecule has 0 radical (unpaired) electrons. The van der Waals surface area contributed by atoms with Crippen molar-refractivity contribution in [3.8, 4) is 6.07 Å². The van der Waals surface area contributed by atoms with Crippen LogP contribution in [0.15, 0.2) is 97.1 Å². The Hall–Kier alpha value is -4.09. The number of fused-ring (bicyclic) bond motifs is 6. The van der Waals surface area contributed by atoms with E-state index in [0.29, 0.717) is 5.56 Å². The van der Waals surface area contributed by atoms with Crippen molar-refractivity contribution in [2.45, 2.75) is 19.3 Å². The summed E-state index contributed by atoms with van der Waals surface area (Å²) in [4.78, 5) is 2.29. The first kappa shape index (κ1) is 18.7. The van der Waals surface area contributed by atoms with Crippen LogP contribution in [-0.4, -0.2) is 0 Å². The number of anilines is 3. The van der Waals surface area contributed by atoms with Gasteiger partial charge in [-0.1, -0.05) is 86.6 Å². The van der Waals surface area contributed by atoms with Crippen LogP contribution in [-0.2, 0) is 5.41 Å². The molecule has 0 fully saturated rings.